The van der Waals surface area contributed by atoms with Gasteiger partial charge in [0.1, 0.15) is 12.7 Å². The molecular formula is C15H22O10. The number of ether oxygens (including phenoxy) is 6. The van der Waals surface area contributed by atoms with Crippen LogP contribution in [0.25, 0.3) is 0 Å². The van der Waals surface area contributed by atoms with Crippen LogP contribution in [0.1, 0.15) is 33.1 Å². The van der Waals surface area contributed by atoms with Crippen LogP contribution in [-0.2, 0) is 47.6 Å². The molecule has 0 bridgehead atoms. The Morgan fingerprint density at radius 2 is 1.36 bits per heavy atom. The van der Waals surface area contributed by atoms with Gasteiger partial charge in [-0.1, -0.05) is 0 Å². The maximum Gasteiger partial charge on any atom is 0.303 e. The van der Waals surface area contributed by atoms with Gasteiger partial charge in [0.25, 0.3) is 0 Å². The first-order chi connectivity index (χ1) is 13.8. The molecule has 10 heteroatoms. The summed E-state index contributed by atoms with van der Waals surface area (Å²) in [6, 6.07) is 0. The first kappa shape index (κ1) is 15.1. The molecule has 1 saturated heterocycles. The van der Waals surface area contributed by atoms with Crippen LogP contribution in [-0.4, -0.2) is 68.3 Å². The van der Waals surface area contributed by atoms with Crippen LogP contribution in [0, 0.1) is 0 Å². The minimum Gasteiger partial charge on any atom is -0.463 e. The molecule has 0 aromatic heterocycles. The number of carbonyl (C=O) groups is 4. The summed E-state index contributed by atoms with van der Waals surface area (Å²) in [5, 5.41) is 0. The van der Waals surface area contributed by atoms with Crippen molar-refractivity contribution in [2.75, 3.05) is 13.7 Å². The van der Waals surface area contributed by atoms with Gasteiger partial charge in [-0.25, -0.2) is 0 Å². The number of methoxy groups -OCH3 is 1. The second-order valence-corrected chi connectivity index (χ2v) is 4.83. The summed E-state index contributed by atoms with van der Waals surface area (Å²) in [6.07, 6.45) is -7.12. The highest BCUT2D eigenvalue weighted by Crippen LogP contribution is 2.29. The van der Waals surface area contributed by atoms with E-state index in [-0.39, 0.29) is 0 Å². The number of hydrogen-bond acceptors (Lipinski definition) is 10. The Bertz CT molecular complexity index is 589. The van der Waals surface area contributed by atoms with E-state index in [1.54, 1.807) is 0 Å². The monoisotopic (exact) mass is 366 g/mol. The van der Waals surface area contributed by atoms with E-state index in [1.807, 2.05) is 0 Å². The third-order valence-electron chi connectivity index (χ3n) is 3.03. The van der Waals surface area contributed by atoms with Gasteiger partial charge in [-0.2, -0.15) is 0 Å². The Morgan fingerprint density at radius 1 is 0.840 bits per heavy atom. The molecule has 1 aliphatic rings. The Kier molecular flexibility index (Phi) is 5.63. The van der Waals surface area contributed by atoms with Gasteiger partial charge in [-0.3, -0.25) is 19.2 Å². The Morgan fingerprint density at radius 3 is 1.88 bits per heavy atom. The smallest absolute Gasteiger partial charge is 0.303 e. The van der Waals surface area contributed by atoms with E-state index in [2.05, 4.69) is 0 Å². The van der Waals surface area contributed by atoms with Crippen molar-refractivity contribution in [3.05, 3.63) is 0 Å². The Balaban J connectivity index is 3.25. The summed E-state index contributed by atoms with van der Waals surface area (Å²) in [4.78, 5) is 46.4. The minimum atomic E-state index is -1.53. The summed E-state index contributed by atoms with van der Waals surface area (Å²) >= 11 is 0. The fourth-order valence-electron chi connectivity index (χ4n) is 2.23. The number of rotatable bonds is 6. The standard InChI is InChI=1S/C15H22O10/c1-7(16)21-6-11-12(22-8(2)17)13(23-9(3)18)14(24-10(4)19)15(20-5)25-11/h11-15H,6H2,1-5H3/t11-,12-,13+,14-,15?/m1/s1/i1D,2D,3D,4D. The summed E-state index contributed by atoms with van der Waals surface area (Å²) in [5.74, 6) is -4.01. The topological polar surface area (TPSA) is 124 Å². The molecule has 25 heavy (non-hydrogen) atoms. The van der Waals surface area contributed by atoms with Crippen LogP contribution < -0.4 is 0 Å². The third-order valence-corrected chi connectivity index (χ3v) is 3.03. The normalized spacial score (nSPS) is 30.7. The summed E-state index contributed by atoms with van der Waals surface area (Å²) in [6.45, 7) is -3.57. The average Bonchev–Trinajstić information content (AvgIpc) is 2.73. The lowest BCUT2D eigenvalue weighted by Gasteiger charge is -2.43. The number of esters is 4. The van der Waals surface area contributed by atoms with E-state index in [9.17, 15) is 19.2 Å². The van der Waals surface area contributed by atoms with Crippen molar-refractivity contribution in [3.63, 3.8) is 0 Å². The highest BCUT2D eigenvalue weighted by atomic mass is 16.7. The van der Waals surface area contributed by atoms with E-state index >= 15 is 0 Å². The summed E-state index contributed by atoms with van der Waals surface area (Å²) in [5.41, 5.74) is 0. The first-order valence-electron chi connectivity index (χ1n) is 9.73. The van der Waals surface area contributed by atoms with Crippen molar-refractivity contribution in [3.8, 4) is 0 Å². The fraction of sp³-hybridized carbons (Fsp3) is 0.733. The van der Waals surface area contributed by atoms with E-state index in [0.717, 1.165) is 0 Å². The van der Waals surface area contributed by atoms with Crippen LogP contribution in [0.15, 0.2) is 0 Å². The van der Waals surface area contributed by atoms with Crippen LogP contribution in [0.4, 0.5) is 0 Å². The molecule has 5 atom stereocenters. The largest absolute Gasteiger partial charge is 0.463 e. The molecule has 10 nitrogen and oxygen atoms in total. The summed E-state index contributed by atoms with van der Waals surface area (Å²) < 4.78 is 59.0. The first-order valence-corrected chi connectivity index (χ1v) is 6.90. The van der Waals surface area contributed by atoms with Gasteiger partial charge in [0.2, 0.25) is 0 Å². The van der Waals surface area contributed by atoms with Gasteiger partial charge in [0.15, 0.2) is 24.6 Å². The highest BCUT2D eigenvalue weighted by Gasteiger charge is 2.52. The second kappa shape index (κ2) is 9.33. The minimum absolute atomic E-state index is 0.526. The zero-order valence-corrected chi connectivity index (χ0v) is 13.5. The van der Waals surface area contributed by atoms with Gasteiger partial charge in [0, 0.05) is 40.2 Å². The van der Waals surface area contributed by atoms with Gasteiger partial charge in [-0.15, -0.1) is 0 Å². The Hall–Kier alpha value is -2.20. The molecule has 0 amide bonds. The molecule has 142 valence electrons. The zero-order chi connectivity index (χ0) is 22.0. The second-order valence-electron chi connectivity index (χ2n) is 4.83. The number of hydrogen-bond donors (Lipinski definition) is 0. The van der Waals surface area contributed by atoms with E-state index in [1.165, 1.54) is 7.11 Å². The van der Waals surface area contributed by atoms with Crippen LogP contribution in [0.3, 0.4) is 0 Å². The SMILES string of the molecule is [2H]CC(=O)OC[C@H]1OC(OC)[C@H](OC(=O)C[2H])[C@@H](OC(=O)C[2H])[C@@H]1OC(=O)C[2H]. The van der Waals surface area contributed by atoms with Crippen molar-refractivity contribution in [2.24, 2.45) is 0 Å². The molecule has 0 N–H and O–H groups in total. The van der Waals surface area contributed by atoms with E-state index in [4.69, 9.17) is 33.9 Å². The molecule has 0 spiro atoms. The average molecular weight is 366 g/mol. The molecule has 1 fully saturated rings. The third kappa shape index (κ3) is 6.31. The summed E-state index contributed by atoms with van der Waals surface area (Å²) in [7, 11) is 1.18. The molecular weight excluding hydrogens is 340 g/mol. The van der Waals surface area contributed by atoms with Crippen molar-refractivity contribution in [2.45, 2.75) is 58.3 Å². The van der Waals surface area contributed by atoms with Crippen LogP contribution in [0.5, 0.6) is 0 Å². The van der Waals surface area contributed by atoms with Gasteiger partial charge >= 0.3 is 23.9 Å². The highest BCUT2D eigenvalue weighted by molar-refractivity contribution is 5.68. The van der Waals surface area contributed by atoms with Crippen LogP contribution >= 0.6 is 0 Å². The maximum atomic E-state index is 11.7. The molecule has 1 rings (SSSR count). The lowest BCUT2D eigenvalue weighted by molar-refractivity contribution is -0.302. The van der Waals surface area contributed by atoms with Crippen molar-refractivity contribution < 1.29 is 53.1 Å². The lowest BCUT2D eigenvalue weighted by atomic mass is 9.98. The predicted molar refractivity (Wildman–Crippen MR) is 79.0 cm³/mol. The van der Waals surface area contributed by atoms with Crippen LogP contribution in [0.2, 0.25) is 0 Å². The van der Waals surface area contributed by atoms with Crippen molar-refractivity contribution >= 4 is 23.9 Å². The molecule has 0 radical (unpaired) electrons. The van der Waals surface area contributed by atoms with Gasteiger partial charge < -0.3 is 28.4 Å². The van der Waals surface area contributed by atoms with E-state index < -0.39 is 88.8 Å². The molecule has 1 heterocycles. The predicted octanol–water partition coefficient (Wildman–Crippen LogP) is -0.284. The quantitative estimate of drug-likeness (QED) is 0.458. The molecule has 0 aromatic carbocycles. The van der Waals surface area contributed by atoms with Gasteiger partial charge in [-0.05, 0) is 0 Å². The van der Waals surface area contributed by atoms with E-state index in [0.29, 0.717) is 0 Å². The zero-order valence-electron chi connectivity index (χ0n) is 17.5. The molecule has 0 aliphatic carbocycles. The van der Waals surface area contributed by atoms with Crippen molar-refractivity contribution in [1.82, 2.24) is 0 Å². The lowest BCUT2D eigenvalue weighted by Crippen LogP contribution is -2.62. The molecule has 1 aliphatic heterocycles. The van der Waals surface area contributed by atoms with Crippen molar-refractivity contribution in [1.29, 1.82) is 0 Å². The Labute approximate surface area is 150 Å². The maximum absolute atomic E-state index is 11.7. The molecule has 0 aromatic rings. The van der Waals surface area contributed by atoms with Gasteiger partial charge in [0.05, 0.1) is 0 Å². The molecule has 0 saturated carbocycles. The molecule has 1 unspecified atom stereocenters. The fourth-order valence-corrected chi connectivity index (χ4v) is 2.23. The number of carbonyl (C=O) groups excluding carboxylic acids is 4.